The van der Waals surface area contributed by atoms with Crippen LogP contribution in [0.15, 0.2) is 75.9 Å². The average Bonchev–Trinajstić information content (AvgIpc) is 2.78. The molecule has 7 nitrogen and oxygen atoms in total. The van der Waals surface area contributed by atoms with E-state index in [0.29, 0.717) is 22.5 Å². The van der Waals surface area contributed by atoms with Crippen LogP contribution < -0.4 is 10.2 Å². The van der Waals surface area contributed by atoms with Crippen molar-refractivity contribution in [3.63, 3.8) is 0 Å². The third-order valence-corrected chi connectivity index (χ3v) is 5.54. The molecule has 1 aliphatic heterocycles. The van der Waals surface area contributed by atoms with E-state index in [2.05, 4.69) is 0 Å². The van der Waals surface area contributed by atoms with Crippen molar-refractivity contribution in [2.75, 3.05) is 0 Å². The highest BCUT2D eigenvalue weighted by atomic mass is 16.5. The second kappa shape index (κ2) is 7.39. The van der Waals surface area contributed by atoms with Crippen molar-refractivity contribution in [3.8, 4) is 22.8 Å². The highest BCUT2D eigenvalue weighted by Crippen LogP contribution is 2.45. The topological polar surface area (TPSA) is 114 Å². The molecule has 4 aromatic rings. The van der Waals surface area contributed by atoms with Gasteiger partial charge in [-0.05, 0) is 17.7 Å². The van der Waals surface area contributed by atoms with Crippen molar-refractivity contribution in [2.24, 2.45) is 0 Å². The molecule has 158 valence electrons. The van der Waals surface area contributed by atoms with Crippen molar-refractivity contribution >= 4 is 22.9 Å². The van der Waals surface area contributed by atoms with E-state index in [1.165, 1.54) is 24.3 Å². The van der Waals surface area contributed by atoms with Gasteiger partial charge in [-0.3, -0.25) is 9.59 Å². The van der Waals surface area contributed by atoms with Crippen molar-refractivity contribution in [3.05, 3.63) is 93.6 Å². The van der Waals surface area contributed by atoms with Gasteiger partial charge in [-0.1, -0.05) is 42.5 Å². The van der Waals surface area contributed by atoms with Crippen LogP contribution in [-0.4, -0.2) is 22.2 Å². The Morgan fingerprint density at radius 3 is 2.38 bits per heavy atom. The summed E-state index contributed by atoms with van der Waals surface area (Å²) >= 11 is 0. The van der Waals surface area contributed by atoms with Crippen LogP contribution in [0.4, 0.5) is 0 Å². The lowest BCUT2D eigenvalue weighted by Gasteiger charge is -2.26. The average molecular weight is 428 g/mol. The molecule has 1 aromatic heterocycles. The second-order valence-corrected chi connectivity index (χ2v) is 7.51. The Bertz CT molecular complexity index is 1430. The molecular weight excluding hydrogens is 412 g/mol. The van der Waals surface area contributed by atoms with Crippen molar-refractivity contribution in [1.29, 1.82) is 0 Å². The standard InChI is InChI=1S/C25H16O7/c26-17-11-19(14-4-2-1-3-5-14)32-24-22-16(13-6-8-15(9-7-13)25(29)30)10-21(28)31-20(22)12-18(27)23(17)24/h1-9,11-12,16,27H,10H2,(H,29,30). The Balaban J connectivity index is 1.78. The summed E-state index contributed by atoms with van der Waals surface area (Å²) in [7, 11) is 0. The molecule has 0 amide bonds. The lowest BCUT2D eigenvalue weighted by atomic mass is 9.84. The molecular formula is C25H16O7. The van der Waals surface area contributed by atoms with Gasteiger partial charge in [-0.25, -0.2) is 4.79 Å². The van der Waals surface area contributed by atoms with Crippen LogP contribution in [0, 0.1) is 0 Å². The molecule has 1 aliphatic rings. The van der Waals surface area contributed by atoms with Gasteiger partial charge < -0.3 is 19.4 Å². The number of carbonyl (C=O) groups is 2. The van der Waals surface area contributed by atoms with Gasteiger partial charge in [0.1, 0.15) is 28.2 Å². The number of carboxylic acids is 1. The number of esters is 1. The Hall–Kier alpha value is -4.39. The number of hydrogen-bond acceptors (Lipinski definition) is 6. The molecule has 32 heavy (non-hydrogen) atoms. The van der Waals surface area contributed by atoms with E-state index in [-0.39, 0.29) is 34.5 Å². The zero-order valence-electron chi connectivity index (χ0n) is 16.6. The van der Waals surface area contributed by atoms with E-state index in [1.807, 2.05) is 18.2 Å². The van der Waals surface area contributed by atoms with Crippen molar-refractivity contribution in [1.82, 2.24) is 0 Å². The third kappa shape index (κ3) is 3.20. The lowest BCUT2D eigenvalue weighted by Crippen LogP contribution is -2.22. The monoisotopic (exact) mass is 428 g/mol. The summed E-state index contributed by atoms with van der Waals surface area (Å²) in [5.41, 5.74) is 1.61. The molecule has 7 heteroatoms. The summed E-state index contributed by atoms with van der Waals surface area (Å²) in [4.78, 5) is 36.4. The molecule has 0 saturated carbocycles. The van der Waals surface area contributed by atoms with Gasteiger partial charge >= 0.3 is 11.9 Å². The Morgan fingerprint density at radius 1 is 0.969 bits per heavy atom. The molecule has 0 fully saturated rings. The van der Waals surface area contributed by atoms with Gasteiger partial charge in [-0.2, -0.15) is 0 Å². The normalized spacial score (nSPS) is 15.2. The molecule has 0 aliphatic carbocycles. The fourth-order valence-corrected chi connectivity index (χ4v) is 4.05. The molecule has 0 bridgehead atoms. The van der Waals surface area contributed by atoms with Gasteiger partial charge in [0.2, 0.25) is 0 Å². The highest BCUT2D eigenvalue weighted by molar-refractivity contribution is 5.93. The maximum absolute atomic E-state index is 12.9. The molecule has 3 aromatic carbocycles. The molecule has 2 heterocycles. The summed E-state index contributed by atoms with van der Waals surface area (Å²) in [5, 5.41) is 19.7. The maximum atomic E-state index is 12.9. The van der Waals surface area contributed by atoms with E-state index in [4.69, 9.17) is 9.15 Å². The Kier molecular flexibility index (Phi) is 4.52. The first-order valence-corrected chi connectivity index (χ1v) is 9.85. The van der Waals surface area contributed by atoms with E-state index in [9.17, 15) is 24.6 Å². The van der Waals surface area contributed by atoms with Crippen LogP contribution in [0.25, 0.3) is 22.3 Å². The van der Waals surface area contributed by atoms with Gasteiger partial charge in [0, 0.05) is 29.2 Å². The molecule has 0 radical (unpaired) electrons. The number of phenols is 1. The van der Waals surface area contributed by atoms with Crippen LogP contribution in [0.3, 0.4) is 0 Å². The minimum atomic E-state index is -1.06. The summed E-state index contributed by atoms with van der Waals surface area (Å²) in [6, 6.07) is 17.7. The van der Waals surface area contributed by atoms with Gasteiger partial charge in [-0.15, -0.1) is 0 Å². The van der Waals surface area contributed by atoms with E-state index in [1.54, 1.807) is 24.3 Å². The molecule has 1 unspecified atom stereocenters. The number of carbonyl (C=O) groups excluding carboxylic acids is 1. The maximum Gasteiger partial charge on any atom is 0.335 e. The van der Waals surface area contributed by atoms with Crippen molar-refractivity contribution in [2.45, 2.75) is 12.3 Å². The highest BCUT2D eigenvalue weighted by Gasteiger charge is 2.33. The molecule has 0 saturated heterocycles. The summed E-state index contributed by atoms with van der Waals surface area (Å²) in [6.45, 7) is 0. The number of phenolic OH excluding ortho intramolecular Hbond substituents is 1. The van der Waals surface area contributed by atoms with E-state index in [0.717, 1.165) is 0 Å². The number of benzene rings is 3. The van der Waals surface area contributed by atoms with Crippen LogP contribution in [0.1, 0.15) is 33.8 Å². The number of carboxylic acid groups (broad SMARTS) is 1. The van der Waals surface area contributed by atoms with E-state index >= 15 is 0 Å². The predicted octanol–water partition coefficient (Wildman–Crippen LogP) is 4.30. The SMILES string of the molecule is O=C1CC(c2ccc(C(=O)O)cc2)c2c(cc(O)c3c(=O)cc(-c4ccccc4)oc23)O1. The van der Waals surface area contributed by atoms with Crippen LogP contribution in [0.5, 0.6) is 11.5 Å². The first-order valence-electron chi connectivity index (χ1n) is 9.85. The summed E-state index contributed by atoms with van der Waals surface area (Å²) in [6.07, 6.45) is -0.0292. The fraction of sp³-hybridized carbons (Fsp3) is 0.0800. The number of ether oxygens (including phenoxy) is 1. The Morgan fingerprint density at radius 2 is 1.69 bits per heavy atom. The lowest BCUT2D eigenvalue weighted by molar-refractivity contribution is -0.135. The number of hydrogen-bond donors (Lipinski definition) is 2. The quantitative estimate of drug-likeness (QED) is 0.369. The second-order valence-electron chi connectivity index (χ2n) is 7.51. The van der Waals surface area contributed by atoms with Gasteiger partial charge in [0.15, 0.2) is 5.43 Å². The van der Waals surface area contributed by atoms with E-state index < -0.39 is 23.3 Å². The van der Waals surface area contributed by atoms with Gasteiger partial charge in [0.05, 0.1) is 12.0 Å². The van der Waals surface area contributed by atoms with Crippen molar-refractivity contribution < 1.29 is 29.0 Å². The Labute approximate surface area is 181 Å². The zero-order chi connectivity index (χ0) is 22.4. The molecule has 0 spiro atoms. The van der Waals surface area contributed by atoms with Crippen LogP contribution >= 0.6 is 0 Å². The predicted molar refractivity (Wildman–Crippen MR) is 115 cm³/mol. The number of aromatic carboxylic acids is 1. The number of fused-ring (bicyclic) bond motifs is 3. The summed E-state index contributed by atoms with van der Waals surface area (Å²) < 4.78 is 11.5. The number of aromatic hydroxyl groups is 1. The minimum Gasteiger partial charge on any atom is -0.507 e. The first kappa shape index (κ1) is 19.6. The molecule has 1 atom stereocenters. The number of rotatable bonds is 3. The third-order valence-electron chi connectivity index (χ3n) is 5.54. The molecule has 2 N–H and O–H groups in total. The molecule has 5 rings (SSSR count). The minimum absolute atomic E-state index is 0.00598. The fourth-order valence-electron chi connectivity index (χ4n) is 4.05. The zero-order valence-corrected chi connectivity index (χ0v) is 16.6. The van der Waals surface area contributed by atoms with Crippen LogP contribution in [0.2, 0.25) is 0 Å². The van der Waals surface area contributed by atoms with Gasteiger partial charge in [0.25, 0.3) is 0 Å². The first-order chi connectivity index (χ1) is 15.4. The summed E-state index contributed by atoms with van der Waals surface area (Å²) in [5.74, 6) is -2.05. The largest absolute Gasteiger partial charge is 0.507 e. The van der Waals surface area contributed by atoms with Crippen LogP contribution in [-0.2, 0) is 4.79 Å². The smallest absolute Gasteiger partial charge is 0.335 e.